The van der Waals surface area contributed by atoms with Crippen molar-refractivity contribution >= 4 is 0 Å². The number of nitrogens with two attached hydrogens (primary N) is 1. The summed E-state index contributed by atoms with van der Waals surface area (Å²) >= 11 is 0. The second-order valence-electron chi connectivity index (χ2n) is 10.9. The highest BCUT2D eigenvalue weighted by Crippen LogP contribution is 2.62. The molecule has 0 aromatic rings. The van der Waals surface area contributed by atoms with Crippen LogP contribution in [-0.4, -0.2) is 36.6 Å². The summed E-state index contributed by atoms with van der Waals surface area (Å²) in [5.41, 5.74) is 11.0. The lowest BCUT2D eigenvalue weighted by Crippen LogP contribution is -2.41. The van der Waals surface area contributed by atoms with Crippen molar-refractivity contribution in [3.05, 3.63) is 22.8 Å². The highest BCUT2D eigenvalue weighted by molar-refractivity contribution is 5.34. The van der Waals surface area contributed by atoms with Gasteiger partial charge in [0.15, 0.2) is 0 Å². The minimum Gasteiger partial charge on any atom is -0.393 e. The van der Waals surface area contributed by atoms with Crippen LogP contribution in [0.3, 0.4) is 0 Å². The van der Waals surface area contributed by atoms with Crippen LogP contribution in [0, 0.1) is 41.9 Å². The summed E-state index contributed by atoms with van der Waals surface area (Å²) in [5, 5.41) is 13.8. The van der Waals surface area contributed by atoms with E-state index >= 15 is 0 Å². The second-order valence-corrected chi connectivity index (χ2v) is 10.9. The van der Waals surface area contributed by atoms with E-state index in [0.29, 0.717) is 17.9 Å². The molecule has 4 nitrogen and oxygen atoms in total. The summed E-state index contributed by atoms with van der Waals surface area (Å²) in [7, 11) is 0. The first-order valence-electron chi connectivity index (χ1n) is 12.9. The average Bonchev–Trinajstić information content (AvgIpc) is 3.18. The Morgan fingerprint density at radius 2 is 2.03 bits per heavy atom. The third kappa shape index (κ3) is 4.87. The van der Waals surface area contributed by atoms with Gasteiger partial charge in [0.2, 0.25) is 0 Å². The number of nitrogens with one attached hydrogen (secondary N) is 1. The Kier molecular flexibility index (Phi) is 8.66. The van der Waals surface area contributed by atoms with E-state index in [9.17, 15) is 5.11 Å². The van der Waals surface area contributed by atoms with Crippen LogP contribution in [0.1, 0.15) is 79.1 Å². The minimum absolute atomic E-state index is 0.0972. The zero-order valence-corrected chi connectivity index (χ0v) is 20.8. The lowest BCUT2D eigenvalue weighted by molar-refractivity contribution is -0.0326. The first-order valence-corrected chi connectivity index (χ1v) is 12.9. The zero-order chi connectivity index (χ0) is 23.5. The maximum atomic E-state index is 10.2. The lowest BCUT2D eigenvalue weighted by atomic mass is 9.56. The van der Waals surface area contributed by atoms with Crippen molar-refractivity contribution in [2.45, 2.75) is 97.5 Å². The van der Waals surface area contributed by atoms with Crippen LogP contribution < -0.4 is 11.1 Å². The molecule has 4 rings (SSSR count). The standard InChI is InChI=1S/C26H44N2O2.C2H2/c1-5-28-25(12-16(2)15-27)30-24-9-8-20-21-7-6-18-13-19(29)10-11-26(18,4)23(21)14-22(20)17(24)3;1-2/h6,16,19-21,23-25,28-29H,5,7-15,27H2,1-4H3;1-2H. The minimum atomic E-state index is -0.123. The molecular formula is C28H46N2O2. The quantitative estimate of drug-likeness (QED) is 0.301. The summed E-state index contributed by atoms with van der Waals surface area (Å²) in [4.78, 5) is 0. The summed E-state index contributed by atoms with van der Waals surface area (Å²) < 4.78 is 6.65. The van der Waals surface area contributed by atoms with E-state index in [4.69, 9.17) is 10.5 Å². The van der Waals surface area contributed by atoms with Crippen molar-refractivity contribution < 1.29 is 9.84 Å². The van der Waals surface area contributed by atoms with Gasteiger partial charge in [-0.2, -0.15) is 0 Å². The number of hydrogen-bond acceptors (Lipinski definition) is 4. The molecule has 8 unspecified atom stereocenters. The van der Waals surface area contributed by atoms with E-state index in [2.05, 4.69) is 51.9 Å². The third-order valence-electron chi connectivity index (χ3n) is 9.07. The number of allylic oxidation sites excluding steroid dienone is 2. The van der Waals surface area contributed by atoms with Crippen LogP contribution in [0.5, 0.6) is 0 Å². The largest absolute Gasteiger partial charge is 0.393 e. The molecule has 0 saturated heterocycles. The molecule has 0 spiro atoms. The first kappa shape index (κ1) is 25.5. The summed E-state index contributed by atoms with van der Waals surface area (Å²) in [5.74, 6) is 2.76. The number of aliphatic hydroxyl groups excluding tert-OH is 1. The highest BCUT2D eigenvalue weighted by Gasteiger charge is 2.53. The number of rotatable bonds is 7. The summed E-state index contributed by atoms with van der Waals surface area (Å²) in [6.45, 7) is 10.8. The number of hydrogen-bond donors (Lipinski definition) is 3. The van der Waals surface area contributed by atoms with Crippen molar-refractivity contribution in [1.29, 1.82) is 0 Å². The fraction of sp³-hybridized carbons (Fsp3) is 0.786. The molecule has 0 aromatic heterocycles. The van der Waals surface area contributed by atoms with E-state index < -0.39 is 0 Å². The number of terminal acetylenes is 1. The van der Waals surface area contributed by atoms with Gasteiger partial charge in [-0.1, -0.05) is 38.0 Å². The van der Waals surface area contributed by atoms with E-state index in [1.165, 1.54) is 24.8 Å². The van der Waals surface area contributed by atoms with E-state index in [1.807, 2.05) is 0 Å². The molecular weight excluding hydrogens is 396 g/mol. The van der Waals surface area contributed by atoms with Gasteiger partial charge in [-0.25, -0.2) is 0 Å². The number of aliphatic hydroxyl groups is 1. The van der Waals surface area contributed by atoms with E-state index in [1.54, 1.807) is 11.1 Å². The molecule has 4 heteroatoms. The van der Waals surface area contributed by atoms with Crippen LogP contribution in [0.4, 0.5) is 0 Å². The SMILES string of the molecule is C#C.CCNC(CC(C)CN)OC1CCC2C(=C1C)CC1C2CC=C2CC(O)CCC21C. The van der Waals surface area contributed by atoms with Crippen molar-refractivity contribution in [2.75, 3.05) is 13.1 Å². The third-order valence-corrected chi connectivity index (χ3v) is 9.07. The van der Waals surface area contributed by atoms with Gasteiger partial charge in [0.05, 0.1) is 12.2 Å². The van der Waals surface area contributed by atoms with Gasteiger partial charge in [0.1, 0.15) is 6.23 Å². The van der Waals surface area contributed by atoms with Gasteiger partial charge in [0.25, 0.3) is 0 Å². The molecule has 2 fully saturated rings. The van der Waals surface area contributed by atoms with Gasteiger partial charge in [-0.15, -0.1) is 12.8 Å². The monoisotopic (exact) mass is 442 g/mol. The number of ether oxygens (including phenoxy) is 1. The molecule has 0 heterocycles. The van der Waals surface area contributed by atoms with Crippen LogP contribution >= 0.6 is 0 Å². The molecule has 180 valence electrons. The van der Waals surface area contributed by atoms with Crippen LogP contribution in [0.15, 0.2) is 22.8 Å². The Labute approximate surface area is 196 Å². The topological polar surface area (TPSA) is 67.5 Å². The zero-order valence-electron chi connectivity index (χ0n) is 20.8. The predicted octanol–water partition coefficient (Wildman–Crippen LogP) is 4.79. The number of fused-ring (bicyclic) bond motifs is 5. The average molecular weight is 443 g/mol. The maximum Gasteiger partial charge on any atom is 0.109 e. The molecule has 0 radical (unpaired) electrons. The van der Waals surface area contributed by atoms with Gasteiger partial charge < -0.3 is 15.6 Å². The molecule has 8 atom stereocenters. The molecule has 0 aliphatic heterocycles. The predicted molar refractivity (Wildman–Crippen MR) is 133 cm³/mol. The van der Waals surface area contributed by atoms with Crippen LogP contribution in [0.2, 0.25) is 0 Å². The van der Waals surface area contributed by atoms with Crippen molar-refractivity contribution in [3.8, 4) is 12.8 Å². The molecule has 4 aliphatic carbocycles. The van der Waals surface area contributed by atoms with Crippen LogP contribution in [0.25, 0.3) is 0 Å². The lowest BCUT2D eigenvalue weighted by Gasteiger charge is -2.48. The molecule has 4 N–H and O–H groups in total. The van der Waals surface area contributed by atoms with Crippen molar-refractivity contribution in [3.63, 3.8) is 0 Å². The normalized spacial score (nSPS) is 37.9. The molecule has 2 saturated carbocycles. The summed E-state index contributed by atoms with van der Waals surface area (Å²) in [6.07, 6.45) is 19.6. The second kappa shape index (κ2) is 10.9. The van der Waals surface area contributed by atoms with Crippen LogP contribution in [-0.2, 0) is 4.74 Å². The fourth-order valence-electron chi connectivity index (χ4n) is 7.18. The van der Waals surface area contributed by atoms with Gasteiger partial charge in [-0.3, -0.25) is 5.32 Å². The first-order chi connectivity index (χ1) is 15.4. The molecule has 0 amide bonds. The molecule has 0 bridgehead atoms. The highest BCUT2D eigenvalue weighted by atomic mass is 16.5. The fourth-order valence-corrected chi connectivity index (χ4v) is 7.18. The van der Waals surface area contributed by atoms with E-state index in [0.717, 1.165) is 56.4 Å². The molecule has 0 aromatic carbocycles. The smallest absolute Gasteiger partial charge is 0.109 e. The van der Waals surface area contributed by atoms with Gasteiger partial charge in [0, 0.05) is 0 Å². The van der Waals surface area contributed by atoms with Crippen molar-refractivity contribution in [2.24, 2.45) is 34.8 Å². The maximum absolute atomic E-state index is 10.2. The Morgan fingerprint density at radius 1 is 1.28 bits per heavy atom. The Balaban J connectivity index is 0.00000141. The van der Waals surface area contributed by atoms with Gasteiger partial charge >= 0.3 is 0 Å². The Bertz CT molecular complexity index is 726. The Morgan fingerprint density at radius 3 is 2.72 bits per heavy atom. The van der Waals surface area contributed by atoms with Gasteiger partial charge in [-0.05, 0) is 106 Å². The van der Waals surface area contributed by atoms with E-state index in [-0.39, 0.29) is 18.4 Å². The molecule has 4 aliphatic rings. The molecule has 32 heavy (non-hydrogen) atoms. The van der Waals surface area contributed by atoms with Crippen molar-refractivity contribution in [1.82, 2.24) is 5.32 Å². The Hall–Kier alpha value is -1.12. The summed E-state index contributed by atoms with van der Waals surface area (Å²) in [6, 6.07) is 0.